The Labute approximate surface area is 118 Å². The first-order chi connectivity index (χ1) is 8.11. The number of halogens is 2. The Balaban J connectivity index is 2.45. The van der Waals surface area contributed by atoms with Crippen LogP contribution in [0.15, 0.2) is 29.6 Å². The van der Waals surface area contributed by atoms with Crippen LogP contribution in [0.25, 0.3) is 0 Å². The van der Waals surface area contributed by atoms with Gasteiger partial charge in [-0.3, -0.25) is 0 Å². The van der Waals surface area contributed by atoms with Crippen molar-refractivity contribution >= 4 is 33.9 Å². The Hall–Kier alpha value is -0.460. The van der Waals surface area contributed by atoms with Crippen molar-refractivity contribution < 1.29 is 4.39 Å². The maximum Gasteiger partial charge on any atom is 0.128 e. The number of nitrogens with one attached hydrogen (secondary N) is 1. The number of hydrogen-bond donors (Lipinski definition) is 1. The van der Waals surface area contributed by atoms with Gasteiger partial charge in [0.25, 0.3) is 0 Å². The molecule has 1 atom stereocenters. The summed E-state index contributed by atoms with van der Waals surface area (Å²) >= 11 is 3.96. The topological polar surface area (TPSA) is 12.0 Å². The van der Waals surface area contributed by atoms with Gasteiger partial charge in [0.1, 0.15) is 5.82 Å². The van der Waals surface area contributed by atoms with E-state index < -0.39 is 0 Å². The third kappa shape index (κ3) is 2.86. The van der Waals surface area contributed by atoms with Crippen molar-refractivity contribution in [3.05, 3.63) is 55.0 Å². The van der Waals surface area contributed by atoms with Crippen molar-refractivity contribution in [2.75, 3.05) is 7.05 Å². The monoisotopic (exact) mass is 361 g/mol. The van der Waals surface area contributed by atoms with E-state index >= 15 is 0 Å². The normalized spacial score (nSPS) is 12.7. The molecule has 1 unspecified atom stereocenters. The van der Waals surface area contributed by atoms with Gasteiger partial charge in [0.15, 0.2) is 0 Å². The maximum atomic E-state index is 13.9. The maximum absolute atomic E-state index is 13.9. The van der Waals surface area contributed by atoms with Gasteiger partial charge in [0, 0.05) is 5.56 Å². The molecule has 2 rings (SSSR count). The number of thiophene rings is 1. The predicted molar refractivity (Wildman–Crippen MR) is 79.1 cm³/mol. The summed E-state index contributed by atoms with van der Waals surface area (Å²) in [6.07, 6.45) is 0. The van der Waals surface area contributed by atoms with E-state index in [0.717, 1.165) is 11.1 Å². The van der Waals surface area contributed by atoms with Gasteiger partial charge in [0.2, 0.25) is 0 Å². The minimum Gasteiger partial charge on any atom is -0.309 e. The first kappa shape index (κ1) is 13.0. The number of rotatable bonds is 3. The summed E-state index contributed by atoms with van der Waals surface area (Å²) in [5.74, 6) is -0.156. The Kier molecular flexibility index (Phi) is 4.17. The zero-order valence-corrected chi connectivity index (χ0v) is 12.6. The van der Waals surface area contributed by atoms with Crippen LogP contribution in [0.5, 0.6) is 0 Å². The molecule has 0 aliphatic heterocycles. The number of hydrogen-bond acceptors (Lipinski definition) is 2. The SMILES string of the molecule is CNC(c1csc(I)c1)c1cc(C)ccc1F. The molecule has 0 saturated heterocycles. The third-order valence-electron chi connectivity index (χ3n) is 2.67. The lowest BCUT2D eigenvalue weighted by Crippen LogP contribution is -2.18. The second kappa shape index (κ2) is 5.46. The molecule has 1 aromatic heterocycles. The zero-order chi connectivity index (χ0) is 12.4. The van der Waals surface area contributed by atoms with Crippen LogP contribution in [0.2, 0.25) is 0 Å². The quantitative estimate of drug-likeness (QED) is 0.812. The van der Waals surface area contributed by atoms with Gasteiger partial charge >= 0.3 is 0 Å². The van der Waals surface area contributed by atoms with E-state index in [-0.39, 0.29) is 11.9 Å². The lowest BCUT2D eigenvalue weighted by Gasteiger charge is -2.16. The average Bonchev–Trinajstić information content (AvgIpc) is 2.71. The van der Waals surface area contributed by atoms with Crippen molar-refractivity contribution in [3.8, 4) is 0 Å². The summed E-state index contributed by atoms with van der Waals surface area (Å²) in [6.45, 7) is 1.98. The van der Waals surface area contributed by atoms with Crippen molar-refractivity contribution in [1.29, 1.82) is 0 Å². The van der Waals surface area contributed by atoms with Crippen LogP contribution in [0.1, 0.15) is 22.7 Å². The van der Waals surface area contributed by atoms with Gasteiger partial charge < -0.3 is 5.32 Å². The standard InChI is InChI=1S/C13H13FINS/c1-8-3-4-11(14)10(5-8)13(16-2)9-6-12(15)17-7-9/h3-7,13,16H,1-2H3. The molecule has 0 saturated carbocycles. The first-order valence-corrected chi connectivity index (χ1v) is 7.25. The highest BCUT2D eigenvalue weighted by Gasteiger charge is 2.17. The zero-order valence-electron chi connectivity index (χ0n) is 9.63. The van der Waals surface area contributed by atoms with E-state index in [1.165, 1.54) is 8.95 Å². The molecular formula is C13H13FINS. The van der Waals surface area contributed by atoms with Crippen LogP contribution in [0.3, 0.4) is 0 Å². The lowest BCUT2D eigenvalue weighted by atomic mass is 9.99. The van der Waals surface area contributed by atoms with E-state index in [0.29, 0.717) is 5.56 Å². The molecule has 0 spiro atoms. The Bertz CT molecular complexity index is 524. The highest BCUT2D eigenvalue weighted by atomic mass is 127. The largest absolute Gasteiger partial charge is 0.309 e. The van der Waals surface area contributed by atoms with Crippen LogP contribution in [-0.4, -0.2) is 7.05 Å². The molecule has 0 amide bonds. The fourth-order valence-corrected chi connectivity index (χ4v) is 3.26. The third-order valence-corrected chi connectivity index (χ3v) is 4.48. The average molecular weight is 361 g/mol. The Morgan fingerprint density at radius 2 is 2.12 bits per heavy atom. The van der Waals surface area contributed by atoms with Crippen molar-refractivity contribution in [2.45, 2.75) is 13.0 Å². The molecule has 0 fully saturated rings. The fraction of sp³-hybridized carbons (Fsp3) is 0.231. The first-order valence-electron chi connectivity index (χ1n) is 5.29. The van der Waals surface area contributed by atoms with Crippen molar-refractivity contribution in [2.24, 2.45) is 0 Å². The van der Waals surface area contributed by atoms with Crippen molar-refractivity contribution in [1.82, 2.24) is 5.32 Å². The lowest BCUT2D eigenvalue weighted by molar-refractivity contribution is 0.576. The van der Waals surface area contributed by atoms with Gasteiger partial charge in [-0.15, -0.1) is 11.3 Å². The predicted octanol–water partition coefficient (Wildman–Crippen LogP) is 4.11. The van der Waals surface area contributed by atoms with Gasteiger partial charge in [-0.05, 0) is 59.6 Å². The minimum atomic E-state index is -0.156. The summed E-state index contributed by atoms with van der Waals surface area (Å²) in [7, 11) is 1.86. The Morgan fingerprint density at radius 3 is 2.71 bits per heavy atom. The molecule has 2 aromatic rings. The molecule has 1 aromatic carbocycles. The highest BCUT2D eigenvalue weighted by Crippen LogP contribution is 2.29. The van der Waals surface area contributed by atoms with Crippen LogP contribution in [0.4, 0.5) is 4.39 Å². The summed E-state index contributed by atoms with van der Waals surface area (Å²) in [5.41, 5.74) is 2.90. The smallest absolute Gasteiger partial charge is 0.128 e. The molecule has 90 valence electrons. The highest BCUT2D eigenvalue weighted by molar-refractivity contribution is 14.1. The number of aryl methyl sites for hydroxylation is 1. The molecule has 0 radical (unpaired) electrons. The second-order valence-electron chi connectivity index (χ2n) is 3.93. The second-order valence-corrected chi connectivity index (χ2v) is 6.74. The van der Waals surface area contributed by atoms with Crippen LogP contribution >= 0.6 is 33.9 Å². The van der Waals surface area contributed by atoms with E-state index in [1.807, 2.05) is 20.0 Å². The van der Waals surface area contributed by atoms with Crippen LogP contribution in [0, 0.1) is 15.6 Å². The van der Waals surface area contributed by atoms with Crippen LogP contribution in [-0.2, 0) is 0 Å². The molecule has 0 bridgehead atoms. The van der Waals surface area contributed by atoms with Gasteiger partial charge in [0.05, 0.1) is 8.93 Å². The molecule has 1 nitrogen and oxygen atoms in total. The van der Waals surface area contributed by atoms with Gasteiger partial charge in [-0.2, -0.15) is 0 Å². The van der Waals surface area contributed by atoms with Gasteiger partial charge in [-0.25, -0.2) is 4.39 Å². The summed E-state index contributed by atoms with van der Waals surface area (Å²) in [6, 6.07) is 7.25. The molecular weight excluding hydrogens is 348 g/mol. The summed E-state index contributed by atoms with van der Waals surface area (Å²) < 4.78 is 15.1. The molecule has 4 heteroatoms. The number of benzene rings is 1. The van der Waals surface area contributed by atoms with E-state index in [2.05, 4.69) is 39.4 Å². The van der Waals surface area contributed by atoms with E-state index in [9.17, 15) is 4.39 Å². The van der Waals surface area contributed by atoms with Gasteiger partial charge in [-0.1, -0.05) is 17.7 Å². The van der Waals surface area contributed by atoms with Crippen LogP contribution < -0.4 is 5.32 Å². The summed E-state index contributed by atoms with van der Waals surface area (Å²) in [5, 5.41) is 5.25. The fourth-order valence-electron chi connectivity index (χ4n) is 1.86. The Morgan fingerprint density at radius 1 is 1.35 bits per heavy atom. The molecule has 0 aliphatic rings. The molecule has 1 N–H and O–H groups in total. The molecule has 0 aliphatic carbocycles. The summed E-state index contributed by atoms with van der Waals surface area (Å²) in [4.78, 5) is 0. The van der Waals surface area contributed by atoms with Crippen molar-refractivity contribution in [3.63, 3.8) is 0 Å². The van der Waals surface area contributed by atoms with E-state index in [4.69, 9.17) is 0 Å². The molecule has 1 heterocycles. The molecule has 17 heavy (non-hydrogen) atoms. The minimum absolute atomic E-state index is 0.0744. The van der Waals surface area contributed by atoms with E-state index in [1.54, 1.807) is 17.4 Å².